The van der Waals surface area contributed by atoms with E-state index in [-0.39, 0.29) is 138 Å². The molecule has 0 fully saturated rings. The van der Waals surface area contributed by atoms with Gasteiger partial charge in [-0.1, -0.05) is 0 Å². The Morgan fingerprint density at radius 3 is 0.933 bits per heavy atom. The monoisotopic (exact) mass is 500 g/mol. The molecule has 18 heteroatoms. The molecule has 0 atom stereocenters. The van der Waals surface area contributed by atoms with Crippen molar-refractivity contribution in [2.75, 3.05) is 0 Å². The molecule has 0 bridgehead atoms. The minimum Gasteiger partial charge on any atom is -0.870 e. The molecule has 0 aromatic heterocycles. The van der Waals surface area contributed by atoms with Crippen molar-refractivity contribution < 1.29 is 207 Å². The number of hydrogen-bond donors (Lipinski definition) is 6. The average molecular weight is 500 g/mol. The van der Waals surface area contributed by atoms with Gasteiger partial charge in [0.15, 0.2) is 11.2 Å². The smallest absolute Gasteiger partial charge is 0.870 e. The Labute approximate surface area is 275 Å². The van der Waals surface area contributed by atoms with Gasteiger partial charge in [-0.2, -0.15) is 0 Å². The third-order valence-corrected chi connectivity index (χ3v) is 2.56. The number of carbonyl (C=O) groups is 6. The van der Waals surface area contributed by atoms with Gasteiger partial charge in [-0.15, -0.1) is 0 Å². The normalized spacial score (nSPS) is 9.40. The van der Waals surface area contributed by atoms with Crippen molar-refractivity contribution in [2.24, 2.45) is 0 Å². The molecule has 0 amide bonds. The summed E-state index contributed by atoms with van der Waals surface area (Å²) in [6, 6.07) is 0. The molecule has 0 aromatic rings. The molecule has 0 aromatic carbocycles. The van der Waals surface area contributed by atoms with E-state index >= 15 is 0 Å². The number of hydrogen-bond acceptors (Lipinski definition) is 11. The van der Waals surface area contributed by atoms with Gasteiger partial charge in [-0.25, -0.2) is 9.59 Å². The van der Waals surface area contributed by atoms with E-state index in [1.165, 1.54) is 0 Å². The predicted molar refractivity (Wildman–Crippen MR) is 70.9 cm³/mol. The second-order valence-corrected chi connectivity index (χ2v) is 4.91. The number of carboxylic acids is 6. The van der Waals surface area contributed by atoms with Crippen LogP contribution < -0.4 is 143 Å². The molecular weight excluding hydrogens is 485 g/mol. The zero-order valence-electron chi connectivity index (χ0n) is 16.2. The zero-order valence-corrected chi connectivity index (χ0v) is 24.5. The van der Waals surface area contributed by atoms with Gasteiger partial charge in [-0.3, -0.25) is 9.59 Å². The molecule has 30 heavy (non-hydrogen) atoms. The van der Waals surface area contributed by atoms with Crippen LogP contribution in [-0.4, -0.2) is 83.1 Å². The van der Waals surface area contributed by atoms with Crippen molar-refractivity contribution >= 4 is 35.8 Å². The maximum atomic E-state index is 10.3. The van der Waals surface area contributed by atoms with Crippen molar-refractivity contribution in [3.05, 3.63) is 0 Å². The molecule has 15 nitrogen and oxygen atoms in total. The van der Waals surface area contributed by atoms with Crippen LogP contribution in [0.3, 0.4) is 0 Å². The van der Waals surface area contributed by atoms with E-state index in [0.29, 0.717) is 0 Å². The van der Waals surface area contributed by atoms with Gasteiger partial charge in [-0.05, 0) is 0 Å². The largest absolute Gasteiger partial charge is 1.00 e. The Morgan fingerprint density at radius 1 is 0.600 bits per heavy atom. The van der Waals surface area contributed by atoms with Crippen LogP contribution in [0.1, 0.15) is 25.7 Å². The Hall–Kier alpha value is 0.973. The second kappa shape index (κ2) is 20.6. The van der Waals surface area contributed by atoms with Crippen molar-refractivity contribution in [3.8, 4) is 0 Å². The fourth-order valence-corrected chi connectivity index (χ4v) is 1.41. The first-order chi connectivity index (χ1) is 11.6. The molecule has 0 unspecified atom stereocenters. The van der Waals surface area contributed by atoms with E-state index < -0.39 is 72.7 Å². The van der Waals surface area contributed by atoms with E-state index in [9.17, 15) is 39.0 Å². The first-order valence-electron chi connectivity index (χ1n) is 6.30. The molecule has 0 aliphatic heterocycles. The zero-order chi connectivity index (χ0) is 21.3. The summed E-state index contributed by atoms with van der Waals surface area (Å²) in [5, 5.41) is 71.0. The van der Waals surface area contributed by atoms with E-state index in [4.69, 9.17) is 30.6 Å². The molecule has 0 aliphatic rings. The molecule has 7 N–H and O–H groups in total. The van der Waals surface area contributed by atoms with Crippen LogP contribution in [0.5, 0.6) is 0 Å². The summed E-state index contributed by atoms with van der Waals surface area (Å²) in [5.41, 5.74) is -5.60. The molecule has 0 rings (SSSR count). The molecular formula is C12H15K2NaO15. The van der Waals surface area contributed by atoms with Gasteiger partial charge in [0.25, 0.3) is 0 Å². The SMILES string of the molecule is O=C(O)CC(O)(CC(=O)O)C(=O)O.O=C([O-])CC(O)(CC(=O)[O-])C(=O)O.[K+].[K+].[Na+].[OH-]. The Balaban J connectivity index is -0.0000000847. The van der Waals surface area contributed by atoms with E-state index in [1.54, 1.807) is 0 Å². The Kier molecular flexibility index (Phi) is 30.6. The summed E-state index contributed by atoms with van der Waals surface area (Å²) in [4.78, 5) is 60.7. The summed E-state index contributed by atoms with van der Waals surface area (Å²) in [6.07, 6.45) is -4.88. The quantitative estimate of drug-likeness (QED) is 0.152. The predicted octanol–water partition coefficient (Wildman–Crippen LogP) is -14.3. The molecule has 0 heterocycles. The van der Waals surface area contributed by atoms with Crippen molar-refractivity contribution in [1.29, 1.82) is 0 Å². The van der Waals surface area contributed by atoms with Crippen molar-refractivity contribution in [3.63, 3.8) is 0 Å². The average Bonchev–Trinajstić information content (AvgIpc) is 2.34. The molecule has 0 radical (unpaired) electrons. The first kappa shape index (κ1) is 44.6. The molecule has 0 saturated heterocycles. The van der Waals surface area contributed by atoms with Gasteiger partial charge in [0, 0.05) is 24.8 Å². The second-order valence-electron chi connectivity index (χ2n) is 4.91. The summed E-state index contributed by atoms with van der Waals surface area (Å²) in [5.74, 6) is -10.7. The van der Waals surface area contributed by atoms with Gasteiger partial charge >= 0.3 is 156 Å². The van der Waals surface area contributed by atoms with Crippen LogP contribution in [0.25, 0.3) is 0 Å². The molecule has 0 aliphatic carbocycles. The van der Waals surface area contributed by atoms with Gasteiger partial charge in [0.1, 0.15) is 0 Å². The third-order valence-electron chi connectivity index (χ3n) is 2.56. The molecule has 0 saturated carbocycles. The van der Waals surface area contributed by atoms with Gasteiger partial charge in [0.2, 0.25) is 0 Å². The van der Waals surface area contributed by atoms with Crippen LogP contribution in [-0.2, 0) is 28.8 Å². The number of aliphatic carboxylic acids is 6. The summed E-state index contributed by atoms with van der Waals surface area (Å²) in [6.45, 7) is 0. The maximum Gasteiger partial charge on any atom is 1.00 e. The van der Waals surface area contributed by atoms with E-state index in [0.717, 1.165) is 0 Å². The number of carbonyl (C=O) groups excluding carboxylic acids is 2. The number of rotatable bonds is 10. The topological polar surface area (TPSA) is 300 Å². The van der Waals surface area contributed by atoms with Crippen LogP contribution in [0.15, 0.2) is 0 Å². The first-order valence-corrected chi connectivity index (χ1v) is 6.30. The minimum atomic E-state index is -2.86. The van der Waals surface area contributed by atoms with E-state index in [1.807, 2.05) is 0 Å². The fourth-order valence-electron chi connectivity index (χ4n) is 1.41. The molecule has 0 spiro atoms. The standard InChI is InChI=1S/2C6H8O7.2K.Na.H2O/c2*7-3(8)1-6(13,5(11)12)2-4(9)10;;;;/h2*13H,1-2H2,(H,7,8)(H,9,10)(H,11,12);;;;1H2/q;;3*+1;/p-3. The maximum absolute atomic E-state index is 10.3. The number of aliphatic hydroxyl groups is 2. The minimum absolute atomic E-state index is 0. The van der Waals surface area contributed by atoms with Crippen LogP contribution in [0.2, 0.25) is 0 Å². The fraction of sp³-hybridized carbons (Fsp3) is 0.500. The van der Waals surface area contributed by atoms with Crippen molar-refractivity contribution in [2.45, 2.75) is 36.9 Å². The van der Waals surface area contributed by atoms with Crippen LogP contribution in [0, 0.1) is 0 Å². The van der Waals surface area contributed by atoms with Crippen LogP contribution >= 0.6 is 0 Å². The Bertz CT molecular complexity index is 524. The summed E-state index contributed by atoms with van der Waals surface area (Å²) in [7, 11) is 0. The van der Waals surface area contributed by atoms with Crippen molar-refractivity contribution in [1.82, 2.24) is 0 Å². The Morgan fingerprint density at radius 2 is 0.800 bits per heavy atom. The summed E-state index contributed by atoms with van der Waals surface area (Å²) >= 11 is 0. The van der Waals surface area contributed by atoms with Gasteiger partial charge < -0.3 is 55.9 Å². The third kappa shape index (κ3) is 20.9. The summed E-state index contributed by atoms with van der Waals surface area (Å²) < 4.78 is 0. The van der Waals surface area contributed by atoms with Crippen LogP contribution in [0.4, 0.5) is 0 Å². The number of carboxylic acid groups (broad SMARTS) is 6. The van der Waals surface area contributed by atoms with Gasteiger partial charge in [0.05, 0.1) is 12.8 Å². The molecule has 156 valence electrons. The van der Waals surface area contributed by atoms with E-state index in [2.05, 4.69) is 0 Å².